The molecule has 3 nitrogen and oxygen atoms in total. The van der Waals surface area contributed by atoms with Gasteiger partial charge in [0.15, 0.2) is 0 Å². The van der Waals surface area contributed by atoms with Gasteiger partial charge in [-0.15, -0.1) is 0 Å². The van der Waals surface area contributed by atoms with Crippen molar-refractivity contribution in [1.29, 1.82) is 0 Å². The average Bonchev–Trinajstić information content (AvgIpc) is 2.84. The normalized spacial score (nSPS) is 25.2. The van der Waals surface area contributed by atoms with Crippen molar-refractivity contribution in [2.75, 3.05) is 0 Å². The van der Waals surface area contributed by atoms with Crippen LogP contribution in [0.15, 0.2) is 30.3 Å². The maximum atomic E-state index is 10.2. The molecular formula is C10H10O3. The number of rotatable bonds is 2. The van der Waals surface area contributed by atoms with Crippen molar-refractivity contribution in [2.24, 2.45) is 0 Å². The van der Waals surface area contributed by atoms with Crippen LogP contribution in [0.2, 0.25) is 0 Å². The van der Waals surface area contributed by atoms with Crippen LogP contribution < -0.4 is 0 Å². The van der Waals surface area contributed by atoms with E-state index in [1.54, 1.807) is 0 Å². The van der Waals surface area contributed by atoms with Gasteiger partial charge in [0.25, 0.3) is 0 Å². The molecule has 2 atom stereocenters. The fraction of sp³-hybridized carbons (Fsp3) is 0.300. The van der Waals surface area contributed by atoms with E-state index in [1.165, 1.54) is 0 Å². The Balaban J connectivity index is 1.97. The van der Waals surface area contributed by atoms with E-state index in [9.17, 15) is 4.79 Å². The minimum atomic E-state index is -1.18. The van der Waals surface area contributed by atoms with Crippen molar-refractivity contribution in [3.8, 4) is 0 Å². The van der Waals surface area contributed by atoms with E-state index in [1.807, 2.05) is 30.3 Å². The fourth-order valence-electron chi connectivity index (χ4n) is 1.48. The molecule has 0 amide bonds. The molecule has 0 heterocycles. The number of hydrogen-bond donors (Lipinski definition) is 1. The van der Waals surface area contributed by atoms with Gasteiger partial charge in [0.2, 0.25) is 0 Å². The summed E-state index contributed by atoms with van der Waals surface area (Å²) in [5, 5.41) is 8.37. The summed E-state index contributed by atoms with van der Waals surface area (Å²) in [5.74, 6) is 0.275. The highest BCUT2D eigenvalue weighted by Gasteiger charge is 2.41. The Labute approximate surface area is 76.0 Å². The fourth-order valence-corrected chi connectivity index (χ4v) is 1.48. The van der Waals surface area contributed by atoms with Crippen LogP contribution in [0.5, 0.6) is 0 Å². The first-order valence-corrected chi connectivity index (χ1v) is 4.22. The minimum absolute atomic E-state index is 0.125. The highest BCUT2D eigenvalue weighted by atomic mass is 16.7. The number of ether oxygens (including phenoxy) is 1. The molecule has 1 saturated carbocycles. The van der Waals surface area contributed by atoms with E-state index >= 15 is 0 Å². The maximum Gasteiger partial charge on any atom is 0.506 e. The van der Waals surface area contributed by atoms with Gasteiger partial charge in [-0.05, 0) is 12.0 Å². The predicted octanol–water partition coefficient (Wildman–Crippen LogP) is 2.24. The van der Waals surface area contributed by atoms with Crippen molar-refractivity contribution < 1.29 is 14.6 Å². The number of carboxylic acid groups (broad SMARTS) is 1. The molecule has 0 unspecified atom stereocenters. The molecule has 13 heavy (non-hydrogen) atoms. The number of hydrogen-bond acceptors (Lipinski definition) is 2. The molecule has 1 aromatic carbocycles. The van der Waals surface area contributed by atoms with E-state index in [-0.39, 0.29) is 12.0 Å². The zero-order valence-electron chi connectivity index (χ0n) is 7.01. The van der Waals surface area contributed by atoms with Gasteiger partial charge in [0, 0.05) is 5.92 Å². The van der Waals surface area contributed by atoms with Crippen molar-refractivity contribution in [3.63, 3.8) is 0 Å². The van der Waals surface area contributed by atoms with Crippen LogP contribution in [0, 0.1) is 0 Å². The standard InChI is InChI=1S/C10H10O3/c11-10(12)13-9-6-8(9)7-4-2-1-3-5-7/h1-5,8-9H,6H2,(H,11,12)/t8-,9+/m0/s1. The molecule has 0 aromatic heterocycles. The van der Waals surface area contributed by atoms with Crippen LogP contribution in [-0.2, 0) is 4.74 Å². The van der Waals surface area contributed by atoms with Crippen molar-refractivity contribution in [3.05, 3.63) is 35.9 Å². The molecule has 68 valence electrons. The quantitative estimate of drug-likeness (QED) is 0.706. The summed E-state index contributed by atoms with van der Waals surface area (Å²) in [6, 6.07) is 9.83. The van der Waals surface area contributed by atoms with E-state index in [0.29, 0.717) is 0 Å². The Bertz CT molecular complexity index is 307. The first kappa shape index (κ1) is 8.10. The lowest BCUT2D eigenvalue weighted by atomic mass is 10.1. The van der Waals surface area contributed by atoms with Crippen molar-refractivity contribution >= 4 is 6.16 Å². The van der Waals surface area contributed by atoms with Crippen LogP contribution >= 0.6 is 0 Å². The minimum Gasteiger partial charge on any atom is -0.450 e. The zero-order chi connectivity index (χ0) is 9.26. The molecule has 1 fully saturated rings. The SMILES string of the molecule is O=C(O)O[C@@H]1C[C@H]1c1ccccc1. The molecular weight excluding hydrogens is 168 g/mol. The summed E-state index contributed by atoms with van der Waals surface area (Å²) >= 11 is 0. The van der Waals surface area contributed by atoms with E-state index in [2.05, 4.69) is 4.74 Å². The van der Waals surface area contributed by atoms with E-state index in [4.69, 9.17) is 5.11 Å². The second-order valence-corrected chi connectivity index (χ2v) is 3.18. The molecule has 2 rings (SSSR count). The molecule has 0 spiro atoms. The maximum absolute atomic E-state index is 10.2. The van der Waals surface area contributed by atoms with E-state index < -0.39 is 6.16 Å². The van der Waals surface area contributed by atoms with Crippen LogP contribution in [-0.4, -0.2) is 17.4 Å². The first-order chi connectivity index (χ1) is 6.27. The van der Waals surface area contributed by atoms with Crippen LogP contribution in [0.1, 0.15) is 17.9 Å². The summed E-state index contributed by atoms with van der Waals surface area (Å²) in [6.07, 6.45) is -0.487. The second kappa shape index (κ2) is 3.09. The summed E-state index contributed by atoms with van der Waals surface area (Å²) < 4.78 is 4.64. The van der Waals surface area contributed by atoms with Gasteiger partial charge < -0.3 is 9.84 Å². The van der Waals surface area contributed by atoms with Gasteiger partial charge in [-0.25, -0.2) is 4.79 Å². The molecule has 1 aromatic rings. The Morgan fingerprint density at radius 3 is 2.69 bits per heavy atom. The third kappa shape index (κ3) is 1.80. The molecule has 1 aliphatic rings. The summed E-state index contributed by atoms with van der Waals surface area (Å²) in [7, 11) is 0. The van der Waals surface area contributed by atoms with Crippen LogP contribution in [0.25, 0.3) is 0 Å². The highest BCUT2D eigenvalue weighted by molar-refractivity contribution is 5.57. The number of benzene rings is 1. The average molecular weight is 178 g/mol. The third-order valence-electron chi connectivity index (χ3n) is 2.21. The first-order valence-electron chi connectivity index (χ1n) is 4.22. The largest absolute Gasteiger partial charge is 0.506 e. The van der Waals surface area contributed by atoms with Gasteiger partial charge in [-0.1, -0.05) is 30.3 Å². The molecule has 1 aliphatic carbocycles. The van der Waals surface area contributed by atoms with Gasteiger partial charge in [0.1, 0.15) is 6.10 Å². The summed E-state index contributed by atoms with van der Waals surface area (Å²) in [6.45, 7) is 0. The second-order valence-electron chi connectivity index (χ2n) is 3.18. The van der Waals surface area contributed by atoms with Crippen molar-refractivity contribution in [1.82, 2.24) is 0 Å². The monoisotopic (exact) mass is 178 g/mol. The molecule has 0 aliphatic heterocycles. The smallest absolute Gasteiger partial charge is 0.450 e. The molecule has 0 bridgehead atoms. The molecule has 0 saturated heterocycles. The molecule has 1 N–H and O–H groups in total. The van der Waals surface area contributed by atoms with Crippen LogP contribution in [0.4, 0.5) is 4.79 Å². The van der Waals surface area contributed by atoms with Gasteiger partial charge >= 0.3 is 6.16 Å². The summed E-state index contributed by atoms with van der Waals surface area (Å²) in [5.41, 5.74) is 1.16. The zero-order valence-corrected chi connectivity index (χ0v) is 7.01. The predicted molar refractivity (Wildman–Crippen MR) is 46.7 cm³/mol. The van der Waals surface area contributed by atoms with Crippen LogP contribution in [0.3, 0.4) is 0 Å². The molecule has 0 radical (unpaired) electrons. The Morgan fingerprint density at radius 1 is 1.38 bits per heavy atom. The lowest BCUT2D eigenvalue weighted by molar-refractivity contribution is 0.0834. The van der Waals surface area contributed by atoms with Gasteiger partial charge in [-0.3, -0.25) is 0 Å². The lowest BCUT2D eigenvalue weighted by Crippen LogP contribution is -2.03. The lowest BCUT2D eigenvalue weighted by Gasteiger charge is -1.98. The molecule has 3 heteroatoms. The summed E-state index contributed by atoms with van der Waals surface area (Å²) in [4.78, 5) is 10.2. The third-order valence-corrected chi connectivity index (χ3v) is 2.21. The van der Waals surface area contributed by atoms with E-state index in [0.717, 1.165) is 12.0 Å². The highest BCUT2D eigenvalue weighted by Crippen LogP contribution is 2.43. The van der Waals surface area contributed by atoms with Gasteiger partial charge in [-0.2, -0.15) is 0 Å². The topological polar surface area (TPSA) is 46.5 Å². The number of carbonyl (C=O) groups is 1. The van der Waals surface area contributed by atoms with Crippen molar-refractivity contribution in [2.45, 2.75) is 18.4 Å². The Kier molecular flexibility index (Phi) is 1.93. The van der Waals surface area contributed by atoms with Gasteiger partial charge in [0.05, 0.1) is 0 Å². The Morgan fingerprint density at radius 2 is 2.08 bits per heavy atom. The Hall–Kier alpha value is -1.51.